The molecule has 0 aliphatic rings. The Hall–Kier alpha value is -1.73. The lowest BCUT2D eigenvalue weighted by Crippen LogP contribution is -2.36. The smallest absolute Gasteiger partial charge is 0.228 e. The van der Waals surface area contributed by atoms with Gasteiger partial charge < -0.3 is 14.2 Å². The lowest BCUT2D eigenvalue weighted by Gasteiger charge is -2.22. The molecule has 2 aromatic rings. The van der Waals surface area contributed by atoms with Gasteiger partial charge in [0.05, 0.1) is 6.61 Å². The van der Waals surface area contributed by atoms with Gasteiger partial charge >= 0.3 is 0 Å². The second-order valence-corrected chi connectivity index (χ2v) is 7.16. The summed E-state index contributed by atoms with van der Waals surface area (Å²) in [4.78, 5) is 18.6. The van der Waals surface area contributed by atoms with Crippen molar-refractivity contribution in [2.24, 2.45) is 5.92 Å². The molecule has 0 saturated carbocycles. The second kappa shape index (κ2) is 9.68. The molecule has 1 aromatic heterocycles. The molecule has 0 unspecified atom stereocenters. The Kier molecular flexibility index (Phi) is 7.58. The molecule has 136 valence electrons. The number of benzene rings is 1. The van der Waals surface area contributed by atoms with Gasteiger partial charge in [0.15, 0.2) is 0 Å². The molecule has 0 aliphatic heterocycles. The first-order chi connectivity index (χ1) is 12.0. The standard InChI is InChI=1S/C18H24BrN3O3/c1-13(2)12-17(23)22(10-11-24-3)9-8-16-20-18(21-25-16)14-4-6-15(19)7-5-14/h4-7,13H,8-12H2,1-3H3. The Morgan fingerprint density at radius 3 is 2.64 bits per heavy atom. The van der Waals surface area contributed by atoms with Crippen LogP contribution in [0.25, 0.3) is 11.4 Å². The molecule has 0 aliphatic carbocycles. The van der Waals surface area contributed by atoms with Crippen molar-refractivity contribution in [2.75, 3.05) is 26.8 Å². The van der Waals surface area contributed by atoms with Crippen LogP contribution in [-0.4, -0.2) is 47.8 Å². The molecule has 0 N–H and O–H groups in total. The van der Waals surface area contributed by atoms with Gasteiger partial charge in [-0.3, -0.25) is 4.79 Å². The molecule has 1 amide bonds. The van der Waals surface area contributed by atoms with Crippen LogP contribution < -0.4 is 0 Å². The predicted molar refractivity (Wildman–Crippen MR) is 99.0 cm³/mol. The molecule has 1 heterocycles. The van der Waals surface area contributed by atoms with E-state index >= 15 is 0 Å². The predicted octanol–water partition coefficient (Wildman–Crippen LogP) is 3.56. The number of hydrogen-bond acceptors (Lipinski definition) is 5. The van der Waals surface area contributed by atoms with Crippen molar-refractivity contribution in [3.63, 3.8) is 0 Å². The van der Waals surface area contributed by atoms with Crippen molar-refractivity contribution in [1.82, 2.24) is 15.0 Å². The van der Waals surface area contributed by atoms with Crippen LogP contribution in [0.15, 0.2) is 33.3 Å². The minimum absolute atomic E-state index is 0.125. The number of amides is 1. The van der Waals surface area contributed by atoms with Crippen LogP contribution in [-0.2, 0) is 16.0 Å². The molecule has 0 atom stereocenters. The first-order valence-electron chi connectivity index (χ1n) is 8.35. The number of rotatable bonds is 9. The van der Waals surface area contributed by atoms with Gasteiger partial charge in [0.25, 0.3) is 0 Å². The summed E-state index contributed by atoms with van der Waals surface area (Å²) in [5.74, 6) is 1.53. The van der Waals surface area contributed by atoms with Gasteiger partial charge in [-0.25, -0.2) is 0 Å². The lowest BCUT2D eigenvalue weighted by atomic mass is 10.1. The number of carbonyl (C=O) groups excluding carboxylic acids is 1. The van der Waals surface area contributed by atoms with Crippen molar-refractivity contribution in [1.29, 1.82) is 0 Å². The van der Waals surface area contributed by atoms with Gasteiger partial charge in [0.1, 0.15) is 0 Å². The number of nitrogens with zero attached hydrogens (tertiary/aromatic N) is 3. The van der Waals surface area contributed by atoms with Crippen LogP contribution in [0.5, 0.6) is 0 Å². The Labute approximate surface area is 156 Å². The van der Waals surface area contributed by atoms with Gasteiger partial charge in [-0.05, 0) is 30.2 Å². The van der Waals surface area contributed by atoms with E-state index in [-0.39, 0.29) is 5.91 Å². The summed E-state index contributed by atoms with van der Waals surface area (Å²) in [7, 11) is 1.63. The maximum atomic E-state index is 12.3. The molecular formula is C18H24BrN3O3. The highest BCUT2D eigenvalue weighted by molar-refractivity contribution is 9.10. The van der Waals surface area contributed by atoms with Gasteiger partial charge in [0, 0.05) is 43.1 Å². The van der Waals surface area contributed by atoms with E-state index in [4.69, 9.17) is 9.26 Å². The maximum Gasteiger partial charge on any atom is 0.228 e. The summed E-state index contributed by atoms with van der Waals surface area (Å²) in [6.45, 7) is 5.69. The SMILES string of the molecule is COCCN(CCc1nc(-c2ccc(Br)cc2)no1)C(=O)CC(C)C. The zero-order chi connectivity index (χ0) is 18.2. The van der Waals surface area contributed by atoms with Gasteiger partial charge in [-0.1, -0.05) is 34.9 Å². The van der Waals surface area contributed by atoms with Gasteiger partial charge in [0.2, 0.25) is 17.6 Å². The summed E-state index contributed by atoms with van der Waals surface area (Å²) in [5.41, 5.74) is 0.894. The fourth-order valence-electron chi connectivity index (χ4n) is 2.34. The van der Waals surface area contributed by atoms with Crippen molar-refractivity contribution in [2.45, 2.75) is 26.7 Å². The number of carbonyl (C=O) groups is 1. The van der Waals surface area contributed by atoms with Crippen molar-refractivity contribution < 1.29 is 14.1 Å². The van der Waals surface area contributed by atoms with Crippen molar-refractivity contribution in [3.8, 4) is 11.4 Å². The van der Waals surface area contributed by atoms with Crippen LogP contribution in [0.1, 0.15) is 26.2 Å². The molecule has 0 saturated heterocycles. The lowest BCUT2D eigenvalue weighted by molar-refractivity contribution is -0.132. The highest BCUT2D eigenvalue weighted by Gasteiger charge is 2.16. The molecule has 1 aromatic carbocycles. The highest BCUT2D eigenvalue weighted by atomic mass is 79.9. The molecule has 7 heteroatoms. The second-order valence-electron chi connectivity index (χ2n) is 6.24. The molecule has 0 bridgehead atoms. The topological polar surface area (TPSA) is 68.5 Å². The fraction of sp³-hybridized carbons (Fsp3) is 0.500. The number of methoxy groups -OCH3 is 1. The summed E-state index contributed by atoms with van der Waals surface area (Å²) in [6, 6.07) is 7.72. The first kappa shape index (κ1) is 19.6. The van der Waals surface area contributed by atoms with Gasteiger partial charge in [-0.2, -0.15) is 4.98 Å². The average Bonchev–Trinajstić information content (AvgIpc) is 3.03. The van der Waals surface area contributed by atoms with Crippen LogP contribution in [0.4, 0.5) is 0 Å². The number of hydrogen-bond donors (Lipinski definition) is 0. The summed E-state index contributed by atoms with van der Waals surface area (Å²) in [5, 5.41) is 4.02. The number of aromatic nitrogens is 2. The van der Waals surface area contributed by atoms with E-state index in [1.54, 1.807) is 12.0 Å². The van der Waals surface area contributed by atoms with E-state index < -0.39 is 0 Å². The Balaban J connectivity index is 1.97. The largest absolute Gasteiger partial charge is 0.383 e. The van der Waals surface area contributed by atoms with Gasteiger partial charge in [-0.15, -0.1) is 0 Å². The van der Waals surface area contributed by atoms with E-state index in [0.29, 0.717) is 50.2 Å². The van der Waals surface area contributed by atoms with Crippen LogP contribution >= 0.6 is 15.9 Å². The first-order valence-corrected chi connectivity index (χ1v) is 9.14. The number of ether oxygens (including phenoxy) is 1. The van der Waals surface area contributed by atoms with Crippen molar-refractivity contribution >= 4 is 21.8 Å². The molecule has 6 nitrogen and oxygen atoms in total. The van der Waals surface area contributed by atoms with Crippen molar-refractivity contribution in [3.05, 3.63) is 34.6 Å². The minimum Gasteiger partial charge on any atom is -0.383 e. The summed E-state index contributed by atoms with van der Waals surface area (Å²) < 4.78 is 11.4. The summed E-state index contributed by atoms with van der Waals surface area (Å²) >= 11 is 3.40. The molecule has 0 fully saturated rings. The van der Waals surface area contributed by atoms with Crippen LogP contribution in [0, 0.1) is 5.92 Å². The minimum atomic E-state index is 0.125. The molecule has 0 spiro atoms. The van der Waals surface area contributed by atoms with E-state index in [2.05, 4.69) is 26.1 Å². The molecule has 25 heavy (non-hydrogen) atoms. The monoisotopic (exact) mass is 409 g/mol. The Bertz CT molecular complexity index is 670. The fourth-order valence-corrected chi connectivity index (χ4v) is 2.61. The molecule has 0 radical (unpaired) electrons. The molecule has 2 rings (SSSR count). The van der Waals surface area contributed by atoms with Crippen LogP contribution in [0.3, 0.4) is 0 Å². The van der Waals surface area contributed by atoms with E-state index in [9.17, 15) is 4.79 Å². The third-order valence-corrected chi connectivity index (χ3v) is 4.20. The third kappa shape index (κ3) is 6.25. The highest BCUT2D eigenvalue weighted by Crippen LogP contribution is 2.19. The van der Waals surface area contributed by atoms with Crippen LogP contribution in [0.2, 0.25) is 0 Å². The summed E-state index contributed by atoms with van der Waals surface area (Å²) in [6.07, 6.45) is 1.05. The Morgan fingerprint density at radius 2 is 2.00 bits per heavy atom. The van der Waals surface area contributed by atoms with E-state index in [1.165, 1.54) is 0 Å². The zero-order valence-corrected chi connectivity index (χ0v) is 16.5. The zero-order valence-electron chi connectivity index (χ0n) is 14.9. The Morgan fingerprint density at radius 1 is 1.28 bits per heavy atom. The van der Waals surface area contributed by atoms with E-state index in [0.717, 1.165) is 10.0 Å². The average molecular weight is 410 g/mol. The van der Waals surface area contributed by atoms with E-state index in [1.807, 2.05) is 38.1 Å². The maximum absolute atomic E-state index is 12.3. The molecular weight excluding hydrogens is 386 g/mol. The quantitative estimate of drug-likeness (QED) is 0.632. The number of halogens is 1. The normalized spacial score (nSPS) is 11.1. The third-order valence-electron chi connectivity index (χ3n) is 3.67.